The average molecular weight is 338 g/mol. The molecule has 1 amide bonds. The zero-order chi connectivity index (χ0) is 18.3. The summed E-state index contributed by atoms with van der Waals surface area (Å²) in [5.41, 5.74) is -0.259. The van der Waals surface area contributed by atoms with Gasteiger partial charge in [-0.05, 0) is 52.6 Å². The van der Waals surface area contributed by atoms with Crippen molar-refractivity contribution < 1.29 is 24.2 Å². The maximum absolute atomic E-state index is 11.8. The highest BCUT2D eigenvalue weighted by atomic mass is 16.6. The van der Waals surface area contributed by atoms with Gasteiger partial charge < -0.3 is 24.8 Å². The van der Waals surface area contributed by atoms with E-state index in [1.165, 1.54) is 0 Å². The number of benzene rings is 1. The first-order valence-corrected chi connectivity index (χ1v) is 7.68. The first-order valence-electron chi connectivity index (χ1n) is 7.68. The molecular formula is C17H26N2O5. The van der Waals surface area contributed by atoms with Crippen LogP contribution in [-0.2, 0) is 9.53 Å². The van der Waals surface area contributed by atoms with Gasteiger partial charge in [0, 0.05) is 6.54 Å². The number of carboxylic acid groups (broad SMARTS) is 1. The topological polar surface area (TPSA) is 88.1 Å². The molecule has 1 atom stereocenters. The molecule has 0 radical (unpaired) electrons. The number of nitrogens with zero attached hydrogens (tertiary/aromatic N) is 1. The van der Waals surface area contributed by atoms with Crippen molar-refractivity contribution >= 4 is 12.1 Å². The fourth-order valence-electron chi connectivity index (χ4n) is 1.82. The van der Waals surface area contributed by atoms with E-state index in [4.69, 9.17) is 9.47 Å². The van der Waals surface area contributed by atoms with Crippen LogP contribution in [0.25, 0.3) is 0 Å². The molecule has 134 valence electrons. The first-order chi connectivity index (χ1) is 11.1. The lowest BCUT2D eigenvalue weighted by molar-refractivity contribution is -0.139. The summed E-state index contributed by atoms with van der Waals surface area (Å²) in [5, 5.41) is 11.7. The number of rotatable bonds is 7. The molecule has 24 heavy (non-hydrogen) atoms. The predicted octanol–water partition coefficient (Wildman–Crippen LogP) is 2.28. The van der Waals surface area contributed by atoms with Crippen molar-refractivity contribution in [2.24, 2.45) is 0 Å². The molecule has 1 aromatic carbocycles. The van der Waals surface area contributed by atoms with Crippen LogP contribution >= 0.6 is 0 Å². The van der Waals surface area contributed by atoms with E-state index in [-0.39, 0.29) is 0 Å². The van der Waals surface area contributed by atoms with Crippen LogP contribution in [0.2, 0.25) is 0 Å². The van der Waals surface area contributed by atoms with E-state index in [2.05, 4.69) is 5.32 Å². The number of likely N-dealkylation sites (N-methyl/N-ethyl adjacent to an activating group) is 1. The second kappa shape index (κ2) is 8.54. The Morgan fingerprint density at radius 2 is 1.79 bits per heavy atom. The molecule has 0 spiro atoms. The van der Waals surface area contributed by atoms with Crippen molar-refractivity contribution in [3.05, 3.63) is 29.8 Å². The first kappa shape index (κ1) is 19.8. The third-order valence-corrected chi connectivity index (χ3v) is 2.93. The molecule has 0 bridgehead atoms. The minimum Gasteiger partial charge on any atom is -0.492 e. The monoisotopic (exact) mass is 338 g/mol. The number of hydrogen-bond donors (Lipinski definition) is 2. The minimum atomic E-state index is -1.18. The van der Waals surface area contributed by atoms with E-state index in [1.54, 1.807) is 45.0 Å². The molecule has 0 unspecified atom stereocenters. The Labute approximate surface area is 142 Å². The molecule has 0 saturated carbocycles. The van der Waals surface area contributed by atoms with E-state index >= 15 is 0 Å². The van der Waals surface area contributed by atoms with E-state index < -0.39 is 23.7 Å². The zero-order valence-electron chi connectivity index (χ0n) is 14.8. The van der Waals surface area contributed by atoms with Gasteiger partial charge in [0.05, 0.1) is 0 Å². The SMILES string of the molecule is CN(C)CCOc1ccc([C@@H](NC(=O)OC(C)(C)C)C(=O)O)cc1. The highest BCUT2D eigenvalue weighted by Gasteiger charge is 2.25. The second-order valence-electron chi connectivity index (χ2n) is 6.64. The Morgan fingerprint density at radius 1 is 1.21 bits per heavy atom. The summed E-state index contributed by atoms with van der Waals surface area (Å²) in [5.74, 6) is -0.524. The maximum atomic E-state index is 11.8. The van der Waals surface area contributed by atoms with Gasteiger partial charge in [-0.3, -0.25) is 0 Å². The lowest BCUT2D eigenvalue weighted by Crippen LogP contribution is -2.38. The van der Waals surface area contributed by atoms with Gasteiger partial charge in [-0.25, -0.2) is 9.59 Å². The molecule has 1 aromatic rings. The van der Waals surface area contributed by atoms with Crippen molar-refractivity contribution in [2.75, 3.05) is 27.2 Å². The number of alkyl carbamates (subject to hydrolysis) is 1. The predicted molar refractivity (Wildman–Crippen MR) is 90.2 cm³/mol. The van der Waals surface area contributed by atoms with Crippen LogP contribution in [0.3, 0.4) is 0 Å². The fourth-order valence-corrected chi connectivity index (χ4v) is 1.82. The Bertz CT molecular complexity index is 549. The molecule has 0 aliphatic heterocycles. The second-order valence-corrected chi connectivity index (χ2v) is 6.64. The van der Waals surface area contributed by atoms with E-state index in [1.807, 2.05) is 19.0 Å². The van der Waals surface area contributed by atoms with Crippen molar-refractivity contribution in [3.63, 3.8) is 0 Å². The molecule has 1 rings (SSSR count). The third-order valence-electron chi connectivity index (χ3n) is 2.93. The van der Waals surface area contributed by atoms with Crippen molar-refractivity contribution in [1.29, 1.82) is 0 Å². The van der Waals surface area contributed by atoms with Crippen molar-refractivity contribution in [1.82, 2.24) is 10.2 Å². The molecule has 7 nitrogen and oxygen atoms in total. The van der Waals surface area contributed by atoms with Crippen LogP contribution in [0.15, 0.2) is 24.3 Å². The largest absolute Gasteiger partial charge is 0.492 e. The minimum absolute atomic E-state index is 0.438. The smallest absolute Gasteiger partial charge is 0.408 e. The molecule has 0 aromatic heterocycles. The molecule has 2 N–H and O–H groups in total. The van der Waals surface area contributed by atoms with Crippen LogP contribution < -0.4 is 10.1 Å². The molecule has 0 heterocycles. The lowest BCUT2D eigenvalue weighted by atomic mass is 10.1. The summed E-state index contributed by atoms with van der Waals surface area (Å²) >= 11 is 0. The van der Waals surface area contributed by atoms with Crippen molar-refractivity contribution in [3.8, 4) is 5.75 Å². The number of nitrogens with one attached hydrogen (secondary N) is 1. The number of carboxylic acids is 1. The summed E-state index contributed by atoms with van der Waals surface area (Å²) < 4.78 is 10.7. The van der Waals surface area contributed by atoms with Crippen LogP contribution in [0.4, 0.5) is 4.79 Å². The molecule has 0 saturated heterocycles. The Kier molecular flexibility index (Phi) is 7.03. The Balaban J connectivity index is 2.72. The summed E-state index contributed by atoms with van der Waals surface area (Å²) in [4.78, 5) is 25.2. The number of carbonyl (C=O) groups is 2. The van der Waals surface area contributed by atoms with Crippen molar-refractivity contribution in [2.45, 2.75) is 32.4 Å². The molecule has 0 aliphatic carbocycles. The normalized spacial score (nSPS) is 12.6. The van der Waals surface area contributed by atoms with E-state index in [9.17, 15) is 14.7 Å². The maximum Gasteiger partial charge on any atom is 0.408 e. The van der Waals surface area contributed by atoms with Gasteiger partial charge in [-0.1, -0.05) is 12.1 Å². The fraction of sp³-hybridized carbons (Fsp3) is 0.529. The standard InChI is InChI=1S/C17H26N2O5/c1-17(2,3)24-16(22)18-14(15(20)21)12-6-8-13(9-7-12)23-11-10-19(4)5/h6-9,14H,10-11H2,1-5H3,(H,18,22)(H,20,21)/t14-/m1/s1. The van der Waals surface area contributed by atoms with Gasteiger partial charge in [0.1, 0.15) is 18.0 Å². The number of aliphatic carboxylic acids is 1. The number of carbonyl (C=O) groups excluding carboxylic acids is 1. The zero-order valence-corrected chi connectivity index (χ0v) is 14.8. The average Bonchev–Trinajstić information content (AvgIpc) is 2.43. The van der Waals surface area contributed by atoms with Gasteiger partial charge >= 0.3 is 12.1 Å². The highest BCUT2D eigenvalue weighted by Crippen LogP contribution is 2.19. The van der Waals surface area contributed by atoms with Crippen LogP contribution in [-0.4, -0.2) is 54.9 Å². The number of ether oxygens (including phenoxy) is 2. The third kappa shape index (κ3) is 7.32. The van der Waals surface area contributed by atoms with E-state index in [0.717, 1.165) is 6.54 Å². The van der Waals surface area contributed by atoms with Gasteiger partial charge in [-0.2, -0.15) is 0 Å². The summed E-state index contributed by atoms with van der Waals surface area (Å²) in [6.45, 7) is 6.44. The van der Waals surface area contributed by atoms with Gasteiger partial charge in [0.2, 0.25) is 0 Å². The van der Waals surface area contributed by atoms with Crippen LogP contribution in [0, 0.1) is 0 Å². The van der Waals surface area contributed by atoms with Gasteiger partial charge in [-0.15, -0.1) is 0 Å². The summed E-state index contributed by atoms with van der Waals surface area (Å²) in [6, 6.07) is 5.40. The van der Waals surface area contributed by atoms with Gasteiger partial charge in [0.15, 0.2) is 6.04 Å². The van der Waals surface area contributed by atoms with Crippen LogP contribution in [0.1, 0.15) is 32.4 Å². The Hall–Kier alpha value is -2.28. The molecule has 0 aliphatic rings. The molecular weight excluding hydrogens is 312 g/mol. The molecule has 7 heteroatoms. The Morgan fingerprint density at radius 3 is 2.25 bits per heavy atom. The van der Waals surface area contributed by atoms with Crippen LogP contribution in [0.5, 0.6) is 5.75 Å². The number of hydrogen-bond acceptors (Lipinski definition) is 5. The van der Waals surface area contributed by atoms with Gasteiger partial charge in [0.25, 0.3) is 0 Å². The molecule has 0 fully saturated rings. The summed E-state index contributed by atoms with van der Waals surface area (Å²) in [6.07, 6.45) is -0.777. The lowest BCUT2D eigenvalue weighted by Gasteiger charge is -2.22. The summed E-state index contributed by atoms with van der Waals surface area (Å²) in [7, 11) is 3.90. The van der Waals surface area contributed by atoms with E-state index in [0.29, 0.717) is 17.9 Å². The number of amides is 1. The highest BCUT2D eigenvalue weighted by molar-refractivity contribution is 5.81. The quantitative estimate of drug-likeness (QED) is 0.793.